The third-order valence-corrected chi connectivity index (χ3v) is 6.75. The first kappa shape index (κ1) is 20.5. The van der Waals surface area contributed by atoms with Crippen LogP contribution in [-0.4, -0.2) is 64.5 Å². The van der Waals surface area contributed by atoms with Crippen molar-refractivity contribution in [2.45, 2.75) is 38.1 Å². The topological polar surface area (TPSA) is 125 Å². The highest BCUT2D eigenvalue weighted by Gasteiger charge is 2.52. The van der Waals surface area contributed by atoms with E-state index in [2.05, 4.69) is 25.9 Å². The van der Waals surface area contributed by atoms with Crippen molar-refractivity contribution in [3.05, 3.63) is 12.3 Å². The molecule has 2 aliphatic heterocycles. The minimum absolute atomic E-state index is 0.197. The van der Waals surface area contributed by atoms with Gasteiger partial charge in [-0.1, -0.05) is 0 Å². The number of aromatic nitrogens is 2. The molecule has 0 bridgehead atoms. The number of nitrogens with one attached hydrogen (secondary N) is 3. The van der Waals surface area contributed by atoms with Gasteiger partial charge in [-0.15, -0.1) is 0 Å². The van der Waals surface area contributed by atoms with Gasteiger partial charge >= 0.3 is 6.03 Å². The molecule has 162 valence electrons. The average molecular weight is 416 g/mol. The molecule has 4 unspecified atom stereocenters. The molecule has 10 nitrogen and oxygen atoms in total. The van der Waals surface area contributed by atoms with Gasteiger partial charge in [0.25, 0.3) is 0 Å². The Balaban J connectivity index is 1.33. The molecule has 3 fully saturated rings. The van der Waals surface area contributed by atoms with Crippen LogP contribution in [0.3, 0.4) is 0 Å². The molecular weight excluding hydrogens is 388 g/mol. The van der Waals surface area contributed by atoms with Gasteiger partial charge in [-0.2, -0.15) is 5.10 Å². The van der Waals surface area contributed by atoms with Crippen LogP contribution in [0.5, 0.6) is 0 Å². The first-order valence-electron chi connectivity index (χ1n) is 10.5. The summed E-state index contributed by atoms with van der Waals surface area (Å²) in [5.41, 5.74) is -0.496. The smallest absolute Gasteiger partial charge is 0.320 e. The van der Waals surface area contributed by atoms with Crippen molar-refractivity contribution in [2.75, 3.05) is 25.0 Å². The number of fused-ring (bicyclic) bond motifs is 1. The summed E-state index contributed by atoms with van der Waals surface area (Å²) in [5, 5.41) is 12.1. The van der Waals surface area contributed by atoms with Gasteiger partial charge in [0.2, 0.25) is 11.8 Å². The average Bonchev–Trinajstić information content (AvgIpc) is 3.29. The van der Waals surface area contributed by atoms with E-state index in [9.17, 15) is 19.2 Å². The van der Waals surface area contributed by atoms with Gasteiger partial charge in [-0.3, -0.25) is 29.8 Å². The standard InChI is InChI=1S/C20H28N6O4/c1-25-7-6-16(24-25)22-19(30)21-9-13-2-3-14-10-26(11-20(14,8-13)12-27)15-4-5-17(28)23-18(15)29/h6-7,12-15H,2-5,8-11H2,1H3,(H,23,28,29)(H2,21,22,24,30). The number of carbonyl (C=O) groups is 4. The molecule has 3 N–H and O–H groups in total. The number of rotatable bonds is 5. The fourth-order valence-electron chi connectivity index (χ4n) is 5.23. The van der Waals surface area contributed by atoms with Crippen LogP contribution in [0.1, 0.15) is 32.1 Å². The van der Waals surface area contributed by atoms with E-state index < -0.39 is 5.41 Å². The number of aryl methyl sites for hydroxylation is 1. The molecule has 10 heteroatoms. The number of urea groups is 1. The number of hydrogen-bond acceptors (Lipinski definition) is 6. The van der Waals surface area contributed by atoms with E-state index in [1.165, 1.54) is 0 Å². The molecule has 1 aromatic rings. The lowest BCUT2D eigenvalue weighted by molar-refractivity contribution is -0.137. The maximum atomic E-state index is 12.3. The maximum Gasteiger partial charge on any atom is 0.320 e. The SMILES string of the molecule is Cn1ccc(NC(=O)NCC2CCC3CN(C4CCC(=O)NC4=O)CC3(C=O)C2)n1. The fraction of sp³-hybridized carbons (Fsp3) is 0.650. The first-order valence-corrected chi connectivity index (χ1v) is 10.5. The molecule has 1 saturated carbocycles. The van der Waals surface area contributed by atoms with Crippen LogP contribution in [0.15, 0.2) is 12.3 Å². The Labute approximate surface area is 174 Å². The zero-order chi connectivity index (χ0) is 21.3. The van der Waals surface area contributed by atoms with Gasteiger partial charge in [-0.25, -0.2) is 4.79 Å². The van der Waals surface area contributed by atoms with Crippen molar-refractivity contribution < 1.29 is 19.2 Å². The highest BCUT2D eigenvalue weighted by Crippen LogP contribution is 2.48. The molecule has 4 rings (SSSR count). The molecule has 3 heterocycles. The quantitative estimate of drug-likeness (QED) is 0.467. The first-order chi connectivity index (χ1) is 14.4. The van der Waals surface area contributed by atoms with E-state index in [1.807, 2.05) is 0 Å². The van der Waals surface area contributed by atoms with Crippen LogP contribution in [0.4, 0.5) is 10.6 Å². The Kier molecular flexibility index (Phi) is 5.59. The molecule has 1 aliphatic carbocycles. The monoisotopic (exact) mass is 416 g/mol. The van der Waals surface area contributed by atoms with Gasteiger partial charge in [0.1, 0.15) is 6.29 Å². The number of hydrogen-bond donors (Lipinski definition) is 3. The molecular formula is C20H28N6O4. The summed E-state index contributed by atoms with van der Waals surface area (Å²) in [6, 6.07) is 1.06. The van der Waals surface area contributed by atoms with E-state index in [0.717, 1.165) is 19.1 Å². The Hall–Kier alpha value is -2.75. The van der Waals surface area contributed by atoms with E-state index in [0.29, 0.717) is 44.7 Å². The summed E-state index contributed by atoms with van der Waals surface area (Å²) in [6.45, 7) is 1.72. The van der Waals surface area contributed by atoms with Gasteiger partial charge in [-0.05, 0) is 37.5 Å². The molecule has 1 aromatic heterocycles. The maximum absolute atomic E-state index is 12.3. The number of aldehydes is 1. The van der Waals surface area contributed by atoms with E-state index in [4.69, 9.17) is 0 Å². The molecule has 4 atom stereocenters. The van der Waals surface area contributed by atoms with Crippen LogP contribution in [0, 0.1) is 17.3 Å². The Morgan fingerprint density at radius 3 is 2.90 bits per heavy atom. The van der Waals surface area contributed by atoms with Crippen LogP contribution in [-0.2, 0) is 21.4 Å². The highest BCUT2D eigenvalue weighted by atomic mass is 16.2. The van der Waals surface area contributed by atoms with Gasteiger partial charge in [0.05, 0.1) is 6.04 Å². The summed E-state index contributed by atoms with van der Waals surface area (Å²) < 4.78 is 1.61. The summed E-state index contributed by atoms with van der Waals surface area (Å²) in [7, 11) is 1.78. The van der Waals surface area contributed by atoms with Crippen LogP contribution in [0.2, 0.25) is 0 Å². The predicted molar refractivity (Wildman–Crippen MR) is 107 cm³/mol. The summed E-state index contributed by atoms with van der Waals surface area (Å²) in [4.78, 5) is 50.1. The normalized spacial score (nSPS) is 31.7. The second-order valence-corrected chi connectivity index (χ2v) is 8.80. The summed E-state index contributed by atoms with van der Waals surface area (Å²) in [6.07, 6.45) is 6.15. The molecule has 30 heavy (non-hydrogen) atoms. The highest BCUT2D eigenvalue weighted by molar-refractivity contribution is 6.00. The minimum Gasteiger partial charge on any atom is -0.338 e. The van der Waals surface area contributed by atoms with Gasteiger partial charge in [0.15, 0.2) is 5.82 Å². The second kappa shape index (κ2) is 8.17. The van der Waals surface area contributed by atoms with E-state index >= 15 is 0 Å². The number of nitrogens with zero attached hydrogens (tertiary/aromatic N) is 3. The zero-order valence-corrected chi connectivity index (χ0v) is 17.1. The Morgan fingerprint density at radius 2 is 2.20 bits per heavy atom. The lowest BCUT2D eigenvalue weighted by atomic mass is 9.65. The molecule has 2 saturated heterocycles. The van der Waals surface area contributed by atoms with E-state index in [-0.39, 0.29) is 35.7 Å². The van der Waals surface area contributed by atoms with Gasteiger partial charge in [0, 0.05) is 50.8 Å². The second-order valence-electron chi connectivity index (χ2n) is 8.80. The van der Waals surface area contributed by atoms with Crippen molar-refractivity contribution in [1.29, 1.82) is 0 Å². The number of imide groups is 1. The Morgan fingerprint density at radius 1 is 1.37 bits per heavy atom. The molecule has 0 spiro atoms. The molecule has 0 aromatic carbocycles. The molecule has 0 radical (unpaired) electrons. The van der Waals surface area contributed by atoms with Crippen LogP contribution < -0.4 is 16.0 Å². The van der Waals surface area contributed by atoms with E-state index in [1.54, 1.807) is 24.0 Å². The van der Waals surface area contributed by atoms with Crippen molar-refractivity contribution in [1.82, 2.24) is 25.3 Å². The van der Waals surface area contributed by atoms with Crippen molar-refractivity contribution in [3.8, 4) is 0 Å². The lowest BCUT2D eigenvalue weighted by Gasteiger charge is -2.38. The van der Waals surface area contributed by atoms with Gasteiger partial charge < -0.3 is 10.1 Å². The predicted octanol–water partition coefficient (Wildman–Crippen LogP) is 0.264. The number of amides is 4. The van der Waals surface area contributed by atoms with Crippen LogP contribution >= 0.6 is 0 Å². The van der Waals surface area contributed by atoms with Crippen LogP contribution in [0.25, 0.3) is 0 Å². The third-order valence-electron chi connectivity index (χ3n) is 6.75. The lowest BCUT2D eigenvalue weighted by Crippen LogP contribution is -2.52. The van der Waals surface area contributed by atoms with Crippen molar-refractivity contribution in [3.63, 3.8) is 0 Å². The third kappa shape index (κ3) is 4.09. The zero-order valence-electron chi connectivity index (χ0n) is 17.1. The molecule has 3 aliphatic rings. The summed E-state index contributed by atoms with van der Waals surface area (Å²) in [5.74, 6) is 0.406. The number of carbonyl (C=O) groups excluding carboxylic acids is 4. The largest absolute Gasteiger partial charge is 0.338 e. The van der Waals surface area contributed by atoms with Crippen molar-refractivity contribution in [2.24, 2.45) is 24.3 Å². The number of likely N-dealkylation sites (tertiary alicyclic amines) is 1. The number of piperidine rings is 1. The Bertz CT molecular complexity index is 854. The van der Waals surface area contributed by atoms with Crippen molar-refractivity contribution >= 4 is 29.9 Å². The minimum atomic E-state index is -0.496. The number of anilines is 1. The fourth-order valence-corrected chi connectivity index (χ4v) is 5.23. The molecule has 4 amide bonds. The summed E-state index contributed by atoms with van der Waals surface area (Å²) >= 11 is 0.